The lowest BCUT2D eigenvalue weighted by Crippen LogP contribution is -2.10. The van der Waals surface area contributed by atoms with E-state index >= 15 is 0 Å². The van der Waals surface area contributed by atoms with E-state index in [0.29, 0.717) is 22.1 Å². The zero-order chi connectivity index (χ0) is 15.7. The molecule has 1 amide bonds. The van der Waals surface area contributed by atoms with Crippen molar-refractivity contribution >= 4 is 28.3 Å². The number of nitrogens with one attached hydrogen (secondary N) is 1. The topological polar surface area (TPSA) is 68.3 Å². The first kappa shape index (κ1) is 17.6. The van der Waals surface area contributed by atoms with Crippen molar-refractivity contribution in [3.05, 3.63) is 10.6 Å². The van der Waals surface area contributed by atoms with E-state index in [-0.39, 0.29) is 5.91 Å². The number of methoxy groups -OCH3 is 1. The van der Waals surface area contributed by atoms with Crippen molar-refractivity contribution in [3.8, 4) is 0 Å². The number of hydrogen-bond donors (Lipinski definition) is 1. The van der Waals surface area contributed by atoms with E-state index in [4.69, 9.17) is 0 Å². The highest BCUT2D eigenvalue weighted by atomic mass is 32.1. The molecule has 0 aliphatic carbocycles. The van der Waals surface area contributed by atoms with Crippen LogP contribution >= 0.6 is 11.3 Å². The lowest BCUT2D eigenvalue weighted by Gasteiger charge is -2.02. The maximum Gasteiger partial charge on any atom is 0.350 e. The van der Waals surface area contributed by atoms with Gasteiger partial charge < -0.3 is 10.1 Å². The summed E-state index contributed by atoms with van der Waals surface area (Å²) in [6, 6.07) is 0. The second-order valence-corrected chi connectivity index (χ2v) is 5.99. The Bertz CT molecular complexity index is 471. The number of carbonyl (C=O) groups is 2. The molecule has 0 aliphatic heterocycles. The standard InChI is InChI=1S/C15H24N2O3S/c1-4-5-6-7-8-9-10-12(18)17-15-16-11(2)13(21-15)14(19)20-3/h4-10H2,1-3H3,(H,16,17,18). The number of thiazole rings is 1. The average molecular weight is 312 g/mol. The second-order valence-electron chi connectivity index (χ2n) is 4.99. The number of esters is 1. The molecule has 5 nitrogen and oxygen atoms in total. The molecule has 0 spiro atoms. The van der Waals surface area contributed by atoms with E-state index in [0.717, 1.165) is 24.2 Å². The third kappa shape index (κ3) is 6.25. The summed E-state index contributed by atoms with van der Waals surface area (Å²) in [6.45, 7) is 3.91. The molecule has 0 aliphatic rings. The minimum absolute atomic E-state index is 0.0457. The predicted octanol–water partition coefficient (Wildman–Crippen LogP) is 3.93. The number of anilines is 1. The summed E-state index contributed by atoms with van der Waals surface area (Å²) < 4.78 is 4.67. The van der Waals surface area contributed by atoms with Gasteiger partial charge in [0.1, 0.15) is 4.88 Å². The maximum atomic E-state index is 11.8. The molecule has 0 aromatic carbocycles. The van der Waals surface area contributed by atoms with Crippen LogP contribution in [0.25, 0.3) is 0 Å². The van der Waals surface area contributed by atoms with Gasteiger partial charge in [-0.2, -0.15) is 0 Å². The number of carbonyl (C=O) groups excluding carboxylic acids is 2. The molecule has 0 saturated heterocycles. The van der Waals surface area contributed by atoms with Gasteiger partial charge in [0.15, 0.2) is 5.13 Å². The van der Waals surface area contributed by atoms with Gasteiger partial charge in [-0.15, -0.1) is 0 Å². The predicted molar refractivity (Wildman–Crippen MR) is 84.8 cm³/mol. The fourth-order valence-electron chi connectivity index (χ4n) is 1.98. The van der Waals surface area contributed by atoms with Crippen LogP contribution in [-0.4, -0.2) is 24.0 Å². The van der Waals surface area contributed by atoms with Crippen molar-refractivity contribution in [2.45, 2.75) is 58.8 Å². The third-order valence-electron chi connectivity index (χ3n) is 3.17. The van der Waals surface area contributed by atoms with Crippen LogP contribution < -0.4 is 5.32 Å². The van der Waals surface area contributed by atoms with Gasteiger partial charge in [-0.3, -0.25) is 4.79 Å². The Hall–Kier alpha value is -1.43. The van der Waals surface area contributed by atoms with E-state index in [1.165, 1.54) is 32.8 Å². The van der Waals surface area contributed by atoms with E-state index in [2.05, 4.69) is 22.0 Å². The molecule has 6 heteroatoms. The van der Waals surface area contributed by atoms with Crippen molar-refractivity contribution in [1.82, 2.24) is 4.98 Å². The van der Waals surface area contributed by atoms with Gasteiger partial charge in [0.05, 0.1) is 12.8 Å². The summed E-state index contributed by atoms with van der Waals surface area (Å²) in [4.78, 5) is 27.9. The van der Waals surface area contributed by atoms with Crippen LogP contribution in [0.4, 0.5) is 5.13 Å². The van der Waals surface area contributed by atoms with Crippen LogP contribution in [0.2, 0.25) is 0 Å². The Kier molecular flexibility index (Phi) is 7.97. The average Bonchev–Trinajstić information content (AvgIpc) is 2.82. The number of ether oxygens (including phenoxy) is 1. The highest BCUT2D eigenvalue weighted by Gasteiger charge is 2.16. The molecular formula is C15H24N2O3S. The van der Waals surface area contributed by atoms with Crippen molar-refractivity contribution in [2.24, 2.45) is 0 Å². The van der Waals surface area contributed by atoms with Gasteiger partial charge >= 0.3 is 5.97 Å². The highest BCUT2D eigenvalue weighted by Crippen LogP contribution is 2.23. The second kappa shape index (κ2) is 9.50. The zero-order valence-corrected chi connectivity index (χ0v) is 13.8. The minimum atomic E-state index is -0.415. The lowest BCUT2D eigenvalue weighted by atomic mass is 10.1. The summed E-state index contributed by atoms with van der Waals surface area (Å²) in [7, 11) is 1.33. The van der Waals surface area contributed by atoms with Gasteiger partial charge in [0.25, 0.3) is 0 Å². The fourth-order valence-corrected chi connectivity index (χ4v) is 2.88. The number of aromatic nitrogens is 1. The monoisotopic (exact) mass is 312 g/mol. The van der Waals surface area contributed by atoms with Crippen LogP contribution in [-0.2, 0) is 9.53 Å². The number of amides is 1. The first-order valence-electron chi connectivity index (χ1n) is 7.44. The smallest absolute Gasteiger partial charge is 0.350 e. The van der Waals surface area contributed by atoms with Crippen molar-refractivity contribution in [3.63, 3.8) is 0 Å². The molecule has 1 aromatic heterocycles. The fraction of sp³-hybridized carbons (Fsp3) is 0.667. The van der Waals surface area contributed by atoms with Gasteiger partial charge in [-0.25, -0.2) is 9.78 Å². The van der Waals surface area contributed by atoms with Crippen LogP contribution in [0.3, 0.4) is 0 Å². The molecule has 21 heavy (non-hydrogen) atoms. The van der Waals surface area contributed by atoms with Crippen molar-refractivity contribution < 1.29 is 14.3 Å². The van der Waals surface area contributed by atoms with Crippen molar-refractivity contribution in [1.29, 1.82) is 0 Å². The van der Waals surface area contributed by atoms with Gasteiger partial charge in [0, 0.05) is 6.42 Å². The van der Waals surface area contributed by atoms with Crippen LogP contribution in [0.1, 0.15) is 67.2 Å². The molecule has 0 radical (unpaired) electrons. The van der Waals surface area contributed by atoms with Gasteiger partial charge in [-0.1, -0.05) is 50.4 Å². The van der Waals surface area contributed by atoms with Crippen LogP contribution in [0.15, 0.2) is 0 Å². The summed E-state index contributed by atoms with van der Waals surface area (Å²) in [6.07, 6.45) is 7.39. The largest absolute Gasteiger partial charge is 0.465 e. The third-order valence-corrected chi connectivity index (χ3v) is 4.22. The molecular weight excluding hydrogens is 288 g/mol. The van der Waals surface area contributed by atoms with Crippen molar-refractivity contribution in [2.75, 3.05) is 12.4 Å². The molecule has 0 bridgehead atoms. The number of unbranched alkanes of at least 4 members (excludes halogenated alkanes) is 5. The van der Waals surface area contributed by atoms with Crippen LogP contribution in [0, 0.1) is 6.92 Å². The van der Waals surface area contributed by atoms with E-state index < -0.39 is 5.97 Å². The summed E-state index contributed by atoms with van der Waals surface area (Å²) in [5.41, 5.74) is 0.585. The molecule has 1 rings (SSSR count). The molecule has 118 valence electrons. The lowest BCUT2D eigenvalue weighted by molar-refractivity contribution is -0.116. The normalized spacial score (nSPS) is 10.4. The molecule has 1 aromatic rings. The number of aryl methyl sites for hydroxylation is 1. The summed E-state index contributed by atoms with van der Waals surface area (Å²) in [5.74, 6) is -0.461. The minimum Gasteiger partial charge on any atom is -0.465 e. The molecule has 0 unspecified atom stereocenters. The Labute approximate surface area is 130 Å². The van der Waals surface area contributed by atoms with E-state index in [1.807, 2.05) is 0 Å². The SMILES string of the molecule is CCCCCCCCC(=O)Nc1nc(C)c(C(=O)OC)s1. The Morgan fingerprint density at radius 2 is 1.86 bits per heavy atom. The first-order chi connectivity index (χ1) is 10.1. The molecule has 0 fully saturated rings. The summed E-state index contributed by atoms with van der Waals surface area (Å²) >= 11 is 1.15. The first-order valence-corrected chi connectivity index (χ1v) is 8.25. The summed E-state index contributed by atoms with van der Waals surface area (Å²) in [5, 5.41) is 3.21. The maximum absolute atomic E-state index is 11.8. The highest BCUT2D eigenvalue weighted by molar-refractivity contribution is 7.17. The number of nitrogens with zero attached hydrogens (tertiary/aromatic N) is 1. The molecule has 1 N–H and O–H groups in total. The van der Waals surface area contributed by atoms with E-state index in [9.17, 15) is 9.59 Å². The van der Waals surface area contributed by atoms with Crippen LogP contribution in [0.5, 0.6) is 0 Å². The Balaban J connectivity index is 2.33. The quantitative estimate of drug-likeness (QED) is 0.554. The molecule has 0 atom stereocenters. The number of rotatable bonds is 9. The Morgan fingerprint density at radius 1 is 1.19 bits per heavy atom. The van der Waals surface area contributed by atoms with Gasteiger partial charge in [-0.05, 0) is 13.3 Å². The Morgan fingerprint density at radius 3 is 2.52 bits per heavy atom. The molecule has 0 saturated carbocycles. The molecule has 1 heterocycles. The van der Waals surface area contributed by atoms with Gasteiger partial charge in [0.2, 0.25) is 5.91 Å². The zero-order valence-electron chi connectivity index (χ0n) is 13.0. The number of hydrogen-bond acceptors (Lipinski definition) is 5. The van der Waals surface area contributed by atoms with E-state index in [1.54, 1.807) is 6.92 Å².